The Morgan fingerprint density at radius 1 is 1.44 bits per heavy atom. The van der Waals surface area contributed by atoms with E-state index >= 15 is 0 Å². The Hall–Kier alpha value is -1.42. The molecule has 88 valence electrons. The zero-order chi connectivity index (χ0) is 12.0. The molecule has 16 heavy (non-hydrogen) atoms. The average molecular weight is 225 g/mol. The van der Waals surface area contributed by atoms with E-state index in [9.17, 15) is 9.18 Å². The molecule has 0 fully saturated rings. The van der Waals surface area contributed by atoms with Gasteiger partial charge in [0.2, 0.25) is 0 Å². The van der Waals surface area contributed by atoms with Crippen LogP contribution in [0.5, 0.6) is 0 Å². The van der Waals surface area contributed by atoms with Crippen molar-refractivity contribution >= 4 is 5.97 Å². The molecule has 0 radical (unpaired) electrons. The topological polar surface area (TPSA) is 38.3 Å². The quantitative estimate of drug-likeness (QED) is 0.779. The molecule has 0 spiro atoms. The van der Waals surface area contributed by atoms with Crippen LogP contribution in [0.15, 0.2) is 24.3 Å². The van der Waals surface area contributed by atoms with Gasteiger partial charge < -0.3 is 10.1 Å². The summed E-state index contributed by atoms with van der Waals surface area (Å²) in [6.45, 7) is 2.16. The molecule has 0 saturated heterocycles. The highest BCUT2D eigenvalue weighted by Crippen LogP contribution is 2.16. The van der Waals surface area contributed by atoms with Gasteiger partial charge in [-0.3, -0.25) is 4.79 Å². The lowest BCUT2D eigenvalue weighted by Crippen LogP contribution is -2.28. The van der Waals surface area contributed by atoms with E-state index < -0.39 is 0 Å². The Balaban J connectivity index is 2.60. The Labute approximate surface area is 94.6 Å². The van der Waals surface area contributed by atoms with Gasteiger partial charge in [-0.15, -0.1) is 0 Å². The van der Waals surface area contributed by atoms with E-state index in [-0.39, 0.29) is 24.4 Å². The number of hydrogen-bond donors (Lipinski definition) is 1. The van der Waals surface area contributed by atoms with Crippen LogP contribution in [-0.4, -0.2) is 19.6 Å². The number of halogens is 1. The number of carbonyl (C=O) groups excluding carboxylic acids is 1. The second-order valence-corrected chi connectivity index (χ2v) is 3.47. The number of esters is 1. The van der Waals surface area contributed by atoms with E-state index in [1.165, 1.54) is 19.2 Å². The number of rotatable bonds is 5. The standard InChI is InChI=1S/C12H16FNO2/c1-3-11(14-8-12(15)16-2)9-4-6-10(13)7-5-9/h4-7,11,14H,3,8H2,1-2H3. The molecule has 0 saturated carbocycles. The van der Waals surface area contributed by atoms with Crippen LogP contribution in [-0.2, 0) is 9.53 Å². The van der Waals surface area contributed by atoms with Crippen molar-refractivity contribution < 1.29 is 13.9 Å². The largest absolute Gasteiger partial charge is 0.468 e. The Bertz CT molecular complexity index is 337. The second-order valence-electron chi connectivity index (χ2n) is 3.47. The van der Waals surface area contributed by atoms with Crippen LogP contribution in [0.2, 0.25) is 0 Å². The molecular weight excluding hydrogens is 209 g/mol. The maximum Gasteiger partial charge on any atom is 0.319 e. The molecular formula is C12H16FNO2. The minimum Gasteiger partial charge on any atom is -0.468 e. The van der Waals surface area contributed by atoms with Crippen LogP contribution >= 0.6 is 0 Å². The summed E-state index contributed by atoms with van der Waals surface area (Å²) in [7, 11) is 1.35. The molecule has 0 heterocycles. The molecule has 1 aromatic carbocycles. The van der Waals surface area contributed by atoms with E-state index in [0.717, 1.165) is 12.0 Å². The summed E-state index contributed by atoms with van der Waals surface area (Å²) in [6.07, 6.45) is 0.822. The third-order valence-corrected chi connectivity index (χ3v) is 2.40. The monoisotopic (exact) mass is 225 g/mol. The predicted octanol–water partition coefficient (Wildman–Crippen LogP) is 2.04. The van der Waals surface area contributed by atoms with E-state index in [1.54, 1.807) is 12.1 Å². The smallest absolute Gasteiger partial charge is 0.319 e. The van der Waals surface area contributed by atoms with Crippen molar-refractivity contribution in [3.05, 3.63) is 35.6 Å². The van der Waals surface area contributed by atoms with Gasteiger partial charge in [0.05, 0.1) is 13.7 Å². The van der Waals surface area contributed by atoms with Crippen LogP contribution in [0.1, 0.15) is 24.9 Å². The van der Waals surface area contributed by atoms with E-state index in [4.69, 9.17) is 0 Å². The summed E-state index contributed by atoms with van der Waals surface area (Å²) < 4.78 is 17.3. The van der Waals surface area contributed by atoms with E-state index in [2.05, 4.69) is 10.1 Å². The highest BCUT2D eigenvalue weighted by Gasteiger charge is 2.10. The summed E-state index contributed by atoms with van der Waals surface area (Å²) in [5.41, 5.74) is 0.966. The maximum atomic E-state index is 12.7. The zero-order valence-electron chi connectivity index (χ0n) is 9.50. The van der Waals surface area contributed by atoms with Crippen LogP contribution in [0.3, 0.4) is 0 Å². The number of nitrogens with one attached hydrogen (secondary N) is 1. The van der Waals surface area contributed by atoms with Crippen molar-refractivity contribution in [1.82, 2.24) is 5.32 Å². The number of carbonyl (C=O) groups is 1. The first-order chi connectivity index (χ1) is 7.67. The van der Waals surface area contributed by atoms with Crippen LogP contribution in [0.4, 0.5) is 4.39 Å². The summed E-state index contributed by atoms with van der Waals surface area (Å²) >= 11 is 0. The number of ether oxygens (including phenoxy) is 1. The molecule has 0 amide bonds. The van der Waals surface area contributed by atoms with Crippen LogP contribution < -0.4 is 5.32 Å². The molecule has 1 rings (SSSR count). The van der Waals surface area contributed by atoms with Crippen molar-refractivity contribution in [2.75, 3.05) is 13.7 Å². The molecule has 0 aliphatic rings. The van der Waals surface area contributed by atoms with Crippen molar-refractivity contribution in [2.45, 2.75) is 19.4 Å². The fourth-order valence-electron chi connectivity index (χ4n) is 1.47. The average Bonchev–Trinajstić information content (AvgIpc) is 2.31. The first kappa shape index (κ1) is 12.6. The fraction of sp³-hybridized carbons (Fsp3) is 0.417. The predicted molar refractivity (Wildman–Crippen MR) is 59.5 cm³/mol. The van der Waals surface area contributed by atoms with Gasteiger partial charge in [0.25, 0.3) is 0 Å². The SMILES string of the molecule is CCC(NCC(=O)OC)c1ccc(F)cc1. The third-order valence-electron chi connectivity index (χ3n) is 2.40. The Morgan fingerprint density at radius 3 is 2.56 bits per heavy atom. The van der Waals surface area contributed by atoms with Gasteiger partial charge in [-0.1, -0.05) is 19.1 Å². The molecule has 1 aromatic rings. The summed E-state index contributed by atoms with van der Waals surface area (Å²) in [5, 5.41) is 3.06. The van der Waals surface area contributed by atoms with Crippen molar-refractivity contribution in [1.29, 1.82) is 0 Å². The molecule has 0 aliphatic carbocycles. The molecule has 0 aromatic heterocycles. The van der Waals surface area contributed by atoms with Gasteiger partial charge in [0, 0.05) is 6.04 Å². The van der Waals surface area contributed by atoms with Gasteiger partial charge in [-0.25, -0.2) is 4.39 Å². The van der Waals surface area contributed by atoms with Crippen LogP contribution in [0.25, 0.3) is 0 Å². The second kappa shape index (κ2) is 6.23. The summed E-state index contributed by atoms with van der Waals surface area (Å²) in [4.78, 5) is 11.0. The fourth-order valence-corrected chi connectivity index (χ4v) is 1.47. The number of hydrogen-bond acceptors (Lipinski definition) is 3. The number of benzene rings is 1. The maximum absolute atomic E-state index is 12.7. The molecule has 4 heteroatoms. The van der Waals surface area contributed by atoms with Crippen LogP contribution in [0, 0.1) is 5.82 Å². The lowest BCUT2D eigenvalue weighted by molar-refractivity contribution is -0.139. The minimum absolute atomic E-state index is 0.0414. The first-order valence-electron chi connectivity index (χ1n) is 5.23. The summed E-state index contributed by atoms with van der Waals surface area (Å²) in [6, 6.07) is 6.30. The molecule has 0 aliphatic heterocycles. The molecule has 1 unspecified atom stereocenters. The molecule has 1 N–H and O–H groups in total. The van der Waals surface area contributed by atoms with Gasteiger partial charge in [-0.2, -0.15) is 0 Å². The lowest BCUT2D eigenvalue weighted by Gasteiger charge is -2.16. The normalized spacial score (nSPS) is 12.2. The first-order valence-corrected chi connectivity index (χ1v) is 5.23. The van der Waals surface area contributed by atoms with Gasteiger partial charge in [0.15, 0.2) is 0 Å². The van der Waals surface area contributed by atoms with E-state index in [1.807, 2.05) is 6.92 Å². The van der Waals surface area contributed by atoms with Crippen molar-refractivity contribution in [2.24, 2.45) is 0 Å². The van der Waals surface area contributed by atoms with Crippen molar-refractivity contribution in [3.63, 3.8) is 0 Å². The zero-order valence-corrected chi connectivity index (χ0v) is 9.50. The lowest BCUT2D eigenvalue weighted by atomic mass is 10.0. The molecule has 3 nitrogen and oxygen atoms in total. The van der Waals surface area contributed by atoms with Gasteiger partial charge >= 0.3 is 5.97 Å². The Morgan fingerprint density at radius 2 is 2.06 bits per heavy atom. The summed E-state index contributed by atoms with van der Waals surface area (Å²) in [5.74, 6) is -0.563. The minimum atomic E-state index is -0.305. The van der Waals surface area contributed by atoms with Crippen molar-refractivity contribution in [3.8, 4) is 0 Å². The van der Waals surface area contributed by atoms with Gasteiger partial charge in [-0.05, 0) is 24.1 Å². The molecule has 1 atom stereocenters. The third kappa shape index (κ3) is 3.62. The Kier molecular flexibility index (Phi) is 4.92. The number of methoxy groups -OCH3 is 1. The van der Waals surface area contributed by atoms with Gasteiger partial charge in [0.1, 0.15) is 5.82 Å². The van der Waals surface area contributed by atoms with E-state index in [0.29, 0.717) is 0 Å². The molecule has 0 bridgehead atoms. The highest BCUT2D eigenvalue weighted by atomic mass is 19.1. The highest BCUT2D eigenvalue weighted by molar-refractivity contribution is 5.71.